The highest BCUT2D eigenvalue weighted by Gasteiger charge is 2.56. The van der Waals surface area contributed by atoms with Crippen LogP contribution in [-0.4, -0.2) is 60.1 Å². The SMILES string of the molecule is CO[C@@H]1CO[C@@H]2[C@H](O[C@@H](c3c[nH]c(=O)[nH]c3=O)[C@@H]2OC(=O)C(C)(C)C)[C@@H]1N=[N+]=[N-]. The number of nitrogens with zero attached hydrogens (tertiary/aromatic N) is 3. The van der Waals surface area contributed by atoms with E-state index in [2.05, 4.69) is 20.0 Å². The molecule has 2 aliphatic rings. The summed E-state index contributed by atoms with van der Waals surface area (Å²) in [6.07, 6.45) is -3.01. The molecule has 0 unspecified atom stereocenters. The smallest absolute Gasteiger partial charge is 0.325 e. The van der Waals surface area contributed by atoms with Crippen LogP contribution in [0.3, 0.4) is 0 Å². The molecule has 12 heteroatoms. The van der Waals surface area contributed by atoms with Crippen molar-refractivity contribution in [1.29, 1.82) is 0 Å². The van der Waals surface area contributed by atoms with Crippen LogP contribution in [0.15, 0.2) is 20.9 Å². The molecule has 2 fully saturated rings. The molecule has 0 aliphatic carbocycles. The minimum Gasteiger partial charge on any atom is -0.456 e. The Labute approximate surface area is 165 Å². The zero-order valence-electron chi connectivity index (χ0n) is 16.4. The van der Waals surface area contributed by atoms with Gasteiger partial charge in [-0.2, -0.15) is 0 Å². The minimum atomic E-state index is -1.04. The minimum absolute atomic E-state index is 0.0583. The van der Waals surface area contributed by atoms with Gasteiger partial charge in [0.15, 0.2) is 6.10 Å². The van der Waals surface area contributed by atoms with E-state index < -0.39 is 59.2 Å². The van der Waals surface area contributed by atoms with Gasteiger partial charge < -0.3 is 23.9 Å². The van der Waals surface area contributed by atoms with E-state index in [-0.39, 0.29) is 12.2 Å². The van der Waals surface area contributed by atoms with Crippen LogP contribution in [0.4, 0.5) is 0 Å². The van der Waals surface area contributed by atoms with Crippen molar-refractivity contribution in [1.82, 2.24) is 9.97 Å². The first kappa shape index (κ1) is 21.1. The maximum atomic E-state index is 12.6. The van der Waals surface area contributed by atoms with Gasteiger partial charge in [-0.1, -0.05) is 5.11 Å². The zero-order valence-corrected chi connectivity index (χ0v) is 16.4. The van der Waals surface area contributed by atoms with Gasteiger partial charge in [0.2, 0.25) is 0 Å². The van der Waals surface area contributed by atoms with Gasteiger partial charge in [0.05, 0.1) is 35.8 Å². The number of aromatic nitrogens is 2. The standard InChI is InChI=1S/C17H23N5O7/c1-17(2,3)15(24)29-13-10(7-5-19-16(25)20-14(7)23)28-11-9(21-22-18)8(26-4)6-27-12(11)13/h5,8-13H,6H2,1-4H3,(H2,19,20,23,25)/t8-,9-,10+,11-,12-,13+/m1/s1. The van der Waals surface area contributed by atoms with E-state index in [0.29, 0.717) is 0 Å². The number of aromatic amines is 2. The third-order valence-electron chi connectivity index (χ3n) is 4.92. The van der Waals surface area contributed by atoms with E-state index in [1.54, 1.807) is 20.8 Å². The second kappa shape index (κ2) is 7.99. The zero-order chi connectivity index (χ0) is 21.3. The molecule has 0 spiro atoms. The van der Waals surface area contributed by atoms with E-state index in [0.717, 1.165) is 0 Å². The predicted molar refractivity (Wildman–Crippen MR) is 98.1 cm³/mol. The molecule has 1 aromatic rings. The average molecular weight is 409 g/mol. The largest absolute Gasteiger partial charge is 0.456 e. The lowest BCUT2D eigenvalue weighted by molar-refractivity contribution is -0.172. The number of rotatable bonds is 4. The van der Waals surface area contributed by atoms with E-state index in [1.807, 2.05) is 0 Å². The molecule has 29 heavy (non-hydrogen) atoms. The number of azide groups is 1. The summed E-state index contributed by atoms with van der Waals surface area (Å²) < 4.78 is 22.8. The first-order valence-electron chi connectivity index (χ1n) is 9.04. The molecule has 0 saturated carbocycles. The Morgan fingerprint density at radius 3 is 2.66 bits per heavy atom. The summed E-state index contributed by atoms with van der Waals surface area (Å²) >= 11 is 0. The summed E-state index contributed by atoms with van der Waals surface area (Å²) in [5, 5.41) is 3.77. The van der Waals surface area contributed by atoms with Crippen molar-refractivity contribution in [3.63, 3.8) is 0 Å². The van der Waals surface area contributed by atoms with Crippen LogP contribution in [-0.2, 0) is 23.7 Å². The molecule has 2 aliphatic heterocycles. The molecule has 0 amide bonds. The lowest BCUT2D eigenvalue weighted by Gasteiger charge is -2.36. The first-order valence-corrected chi connectivity index (χ1v) is 9.04. The van der Waals surface area contributed by atoms with Crippen LogP contribution in [0.1, 0.15) is 32.4 Å². The number of H-pyrrole nitrogens is 2. The monoisotopic (exact) mass is 409 g/mol. The van der Waals surface area contributed by atoms with Gasteiger partial charge in [-0.3, -0.25) is 14.6 Å². The Morgan fingerprint density at radius 1 is 1.34 bits per heavy atom. The van der Waals surface area contributed by atoms with E-state index in [4.69, 9.17) is 24.5 Å². The second-order valence-corrected chi connectivity index (χ2v) is 7.94. The van der Waals surface area contributed by atoms with Gasteiger partial charge in [-0.05, 0) is 26.3 Å². The number of methoxy groups -OCH3 is 1. The van der Waals surface area contributed by atoms with Gasteiger partial charge in [-0.25, -0.2) is 4.79 Å². The lowest BCUT2D eigenvalue weighted by atomic mass is 9.93. The Balaban J connectivity index is 2.03. The third-order valence-corrected chi connectivity index (χ3v) is 4.92. The van der Waals surface area contributed by atoms with Crippen LogP contribution in [0.25, 0.3) is 10.4 Å². The molecule has 2 saturated heterocycles. The molecule has 0 radical (unpaired) electrons. The molecule has 0 bridgehead atoms. The summed E-state index contributed by atoms with van der Waals surface area (Å²) in [7, 11) is 1.45. The molecule has 6 atom stereocenters. The summed E-state index contributed by atoms with van der Waals surface area (Å²) in [5.41, 5.74) is 6.84. The number of carbonyl (C=O) groups is 1. The van der Waals surface area contributed by atoms with Crippen LogP contribution in [0, 0.1) is 5.41 Å². The van der Waals surface area contributed by atoms with Crippen LogP contribution < -0.4 is 11.2 Å². The highest BCUT2D eigenvalue weighted by atomic mass is 16.6. The first-order chi connectivity index (χ1) is 13.7. The van der Waals surface area contributed by atoms with Gasteiger partial charge in [0.1, 0.15) is 12.2 Å². The van der Waals surface area contributed by atoms with Crippen molar-refractivity contribution in [2.75, 3.05) is 13.7 Å². The van der Waals surface area contributed by atoms with Crippen molar-refractivity contribution >= 4 is 5.97 Å². The van der Waals surface area contributed by atoms with E-state index in [9.17, 15) is 14.4 Å². The molecule has 3 heterocycles. The normalized spacial score (nSPS) is 31.6. The molecule has 1 aromatic heterocycles. The highest BCUT2D eigenvalue weighted by Crippen LogP contribution is 2.41. The average Bonchev–Trinajstić information content (AvgIpc) is 3.00. The van der Waals surface area contributed by atoms with Gasteiger partial charge in [0.25, 0.3) is 5.56 Å². The van der Waals surface area contributed by atoms with E-state index >= 15 is 0 Å². The number of hydrogen-bond donors (Lipinski definition) is 2. The van der Waals surface area contributed by atoms with Crippen molar-refractivity contribution in [3.05, 3.63) is 43.0 Å². The fourth-order valence-corrected chi connectivity index (χ4v) is 3.38. The number of hydrogen-bond acceptors (Lipinski definition) is 8. The molecule has 0 aromatic carbocycles. The summed E-state index contributed by atoms with van der Waals surface area (Å²) in [6, 6.07) is -0.758. The third kappa shape index (κ3) is 4.06. The molecule has 2 N–H and O–H groups in total. The quantitative estimate of drug-likeness (QED) is 0.317. The van der Waals surface area contributed by atoms with Gasteiger partial charge in [-0.15, -0.1) is 0 Å². The lowest BCUT2D eigenvalue weighted by Crippen LogP contribution is -2.54. The van der Waals surface area contributed by atoms with Crippen LogP contribution in [0.2, 0.25) is 0 Å². The maximum absolute atomic E-state index is 12.6. The second-order valence-electron chi connectivity index (χ2n) is 7.94. The number of ether oxygens (including phenoxy) is 4. The fourth-order valence-electron chi connectivity index (χ4n) is 3.38. The van der Waals surface area contributed by atoms with Crippen molar-refractivity contribution < 1.29 is 23.7 Å². The van der Waals surface area contributed by atoms with Crippen molar-refractivity contribution in [2.24, 2.45) is 10.5 Å². The van der Waals surface area contributed by atoms with Crippen LogP contribution >= 0.6 is 0 Å². The maximum Gasteiger partial charge on any atom is 0.325 e. The summed E-state index contributed by atoms with van der Waals surface area (Å²) in [6.45, 7) is 5.16. The Bertz CT molecular complexity index is 929. The molecular formula is C17H23N5O7. The summed E-state index contributed by atoms with van der Waals surface area (Å²) in [5.74, 6) is -0.518. The Hall–Kier alpha value is -2.66. The number of carbonyl (C=O) groups excluding carboxylic acids is 1. The highest BCUT2D eigenvalue weighted by molar-refractivity contribution is 5.75. The number of fused-ring (bicyclic) bond motifs is 1. The van der Waals surface area contributed by atoms with Crippen molar-refractivity contribution in [3.8, 4) is 0 Å². The molecular weight excluding hydrogens is 386 g/mol. The van der Waals surface area contributed by atoms with Crippen molar-refractivity contribution in [2.45, 2.75) is 57.3 Å². The Kier molecular flexibility index (Phi) is 5.80. The summed E-state index contributed by atoms with van der Waals surface area (Å²) in [4.78, 5) is 43.6. The Morgan fingerprint density at radius 2 is 2.07 bits per heavy atom. The predicted octanol–water partition coefficient (Wildman–Crippen LogP) is 0.554. The number of nitrogens with one attached hydrogen (secondary N) is 2. The van der Waals surface area contributed by atoms with Gasteiger partial charge >= 0.3 is 11.7 Å². The van der Waals surface area contributed by atoms with Crippen LogP contribution in [0.5, 0.6) is 0 Å². The number of esters is 1. The van der Waals surface area contributed by atoms with E-state index in [1.165, 1.54) is 13.3 Å². The fraction of sp³-hybridized carbons (Fsp3) is 0.706. The molecule has 3 rings (SSSR count). The molecule has 12 nitrogen and oxygen atoms in total. The topological polar surface area (TPSA) is 168 Å². The van der Waals surface area contributed by atoms with Gasteiger partial charge in [0, 0.05) is 18.2 Å². The molecule has 158 valence electrons.